The topological polar surface area (TPSA) is 80.7 Å². The third-order valence-electron chi connectivity index (χ3n) is 1.41. The van der Waals surface area contributed by atoms with E-state index in [9.17, 15) is 17.6 Å². The first-order valence-corrected chi connectivity index (χ1v) is 5.53. The Morgan fingerprint density at radius 1 is 1.47 bits per heavy atom. The Balaban J connectivity index is 2.98. The van der Waals surface area contributed by atoms with Crippen LogP contribution in [0.25, 0.3) is 0 Å². The summed E-state index contributed by atoms with van der Waals surface area (Å²) in [6.45, 7) is 0. The third-order valence-corrected chi connectivity index (χ3v) is 1.86. The Morgan fingerprint density at radius 2 is 2.07 bits per heavy atom. The van der Waals surface area contributed by atoms with Crippen LogP contribution in [0.5, 0.6) is 5.75 Å². The first-order valence-electron chi connectivity index (χ1n) is 3.72. The van der Waals surface area contributed by atoms with Crippen molar-refractivity contribution in [2.75, 3.05) is 6.26 Å². The zero-order valence-corrected chi connectivity index (χ0v) is 8.41. The predicted molar refractivity (Wildman–Crippen MR) is 48.3 cm³/mol. The molecule has 0 radical (unpaired) electrons. The van der Waals surface area contributed by atoms with E-state index in [0.717, 1.165) is 12.1 Å². The van der Waals surface area contributed by atoms with Crippen molar-refractivity contribution in [1.82, 2.24) is 0 Å². The molecule has 0 fully saturated rings. The minimum Gasteiger partial charge on any atom is -0.505 e. The van der Waals surface area contributed by atoms with E-state index >= 15 is 0 Å². The van der Waals surface area contributed by atoms with Crippen LogP contribution >= 0.6 is 0 Å². The number of carbonyl (C=O) groups is 1. The number of halogens is 1. The molecular weight excluding hydrogens is 227 g/mol. The summed E-state index contributed by atoms with van der Waals surface area (Å²) in [7, 11) is -3.93. The molecule has 0 aliphatic rings. The maximum Gasteiger partial charge on any atom is 0.353 e. The highest BCUT2D eigenvalue weighted by atomic mass is 32.2. The number of hydrogen-bond acceptors (Lipinski definition) is 5. The minimum absolute atomic E-state index is 0.296. The largest absolute Gasteiger partial charge is 0.505 e. The highest BCUT2D eigenvalue weighted by Crippen LogP contribution is 2.16. The monoisotopic (exact) mass is 234 g/mol. The molecule has 0 saturated carbocycles. The number of hydrogen-bond donors (Lipinski definition) is 1. The first-order chi connectivity index (χ1) is 6.79. The van der Waals surface area contributed by atoms with Crippen LogP contribution in [0.1, 0.15) is 10.4 Å². The number of carbonyl (C=O) groups excluding carboxylic acids is 1. The van der Waals surface area contributed by atoms with Gasteiger partial charge in [0.2, 0.25) is 0 Å². The van der Waals surface area contributed by atoms with Crippen LogP contribution in [0, 0.1) is 5.82 Å². The molecule has 82 valence electrons. The maximum atomic E-state index is 12.8. The Bertz CT molecular complexity index is 494. The number of benzene rings is 1. The molecule has 5 nitrogen and oxygen atoms in total. The van der Waals surface area contributed by atoms with E-state index in [1.54, 1.807) is 0 Å². The average molecular weight is 234 g/mol. The van der Waals surface area contributed by atoms with Gasteiger partial charge in [-0.05, 0) is 18.2 Å². The zero-order chi connectivity index (χ0) is 11.6. The molecule has 0 atom stereocenters. The van der Waals surface area contributed by atoms with Gasteiger partial charge in [-0.15, -0.1) is 0 Å². The Hall–Kier alpha value is -1.63. The van der Waals surface area contributed by atoms with Crippen LogP contribution in [0.2, 0.25) is 0 Å². The second kappa shape index (κ2) is 3.85. The van der Waals surface area contributed by atoms with Crippen molar-refractivity contribution in [3.63, 3.8) is 0 Å². The average Bonchev–Trinajstić information content (AvgIpc) is 2.06. The van der Waals surface area contributed by atoms with Crippen molar-refractivity contribution in [1.29, 1.82) is 0 Å². The predicted octanol–water partition coefficient (Wildman–Crippen LogP) is 0.648. The lowest BCUT2D eigenvalue weighted by Crippen LogP contribution is -2.11. The van der Waals surface area contributed by atoms with Gasteiger partial charge < -0.3 is 9.29 Å². The summed E-state index contributed by atoms with van der Waals surface area (Å²) in [6, 6.07) is 2.66. The molecule has 0 aromatic heterocycles. The normalized spacial score (nSPS) is 11.1. The summed E-state index contributed by atoms with van der Waals surface area (Å²) in [5.41, 5.74) is -0.296. The summed E-state index contributed by atoms with van der Waals surface area (Å²) in [6.07, 6.45) is 0.696. The fraction of sp³-hybridized carbons (Fsp3) is 0.125. The van der Waals surface area contributed by atoms with Gasteiger partial charge in [0.15, 0.2) is 11.6 Å². The second-order valence-electron chi connectivity index (χ2n) is 2.74. The summed E-state index contributed by atoms with van der Waals surface area (Å²) >= 11 is 0. The lowest BCUT2D eigenvalue weighted by atomic mass is 10.2. The van der Waals surface area contributed by atoms with Crippen molar-refractivity contribution < 1.29 is 26.9 Å². The van der Waals surface area contributed by atoms with Gasteiger partial charge in [0, 0.05) is 0 Å². The maximum absolute atomic E-state index is 12.8. The Morgan fingerprint density at radius 3 is 2.53 bits per heavy atom. The molecule has 1 aromatic carbocycles. The van der Waals surface area contributed by atoms with E-state index in [1.807, 2.05) is 0 Å². The van der Waals surface area contributed by atoms with Crippen LogP contribution in [-0.4, -0.2) is 25.7 Å². The zero-order valence-electron chi connectivity index (χ0n) is 7.60. The standard InChI is InChI=1S/C8H7FO5S/c1-15(12,13)14-8(11)5-2-3-7(10)6(9)4-5/h2-4,10H,1H3. The van der Waals surface area contributed by atoms with Gasteiger partial charge in [0.1, 0.15) is 0 Å². The SMILES string of the molecule is CS(=O)(=O)OC(=O)c1ccc(O)c(F)c1. The Kier molecular flexibility index (Phi) is 2.94. The highest BCUT2D eigenvalue weighted by molar-refractivity contribution is 7.86. The molecule has 0 heterocycles. The summed E-state index contributed by atoms with van der Waals surface area (Å²) in [4.78, 5) is 11.1. The summed E-state index contributed by atoms with van der Waals surface area (Å²) < 4.78 is 37.9. The van der Waals surface area contributed by atoms with Gasteiger partial charge >= 0.3 is 16.1 Å². The number of phenolic OH excluding ortho intramolecular Hbond substituents is 1. The second-order valence-corrected chi connectivity index (χ2v) is 4.32. The van der Waals surface area contributed by atoms with Crippen LogP contribution in [0.3, 0.4) is 0 Å². The first kappa shape index (κ1) is 11.4. The highest BCUT2D eigenvalue weighted by Gasteiger charge is 2.15. The van der Waals surface area contributed by atoms with Crippen LogP contribution in [-0.2, 0) is 14.3 Å². The molecule has 1 aromatic rings. The van der Waals surface area contributed by atoms with Crippen molar-refractivity contribution >= 4 is 16.1 Å². The molecule has 0 spiro atoms. The van der Waals surface area contributed by atoms with Gasteiger partial charge in [-0.25, -0.2) is 9.18 Å². The van der Waals surface area contributed by atoms with Crippen LogP contribution in [0.4, 0.5) is 4.39 Å². The third kappa shape index (κ3) is 3.21. The van der Waals surface area contributed by atoms with Crippen LogP contribution in [0.15, 0.2) is 18.2 Å². The lowest BCUT2D eigenvalue weighted by molar-refractivity contribution is 0.0748. The fourth-order valence-corrected chi connectivity index (χ4v) is 1.19. The Labute approximate surface area is 85.2 Å². The van der Waals surface area contributed by atoms with Gasteiger partial charge in [-0.3, -0.25) is 0 Å². The molecule has 1 rings (SSSR count). The van der Waals surface area contributed by atoms with E-state index < -0.39 is 27.7 Å². The molecular formula is C8H7FO5S. The van der Waals surface area contributed by atoms with Crippen molar-refractivity contribution in [3.05, 3.63) is 29.6 Å². The van der Waals surface area contributed by atoms with Gasteiger partial charge in [0.25, 0.3) is 0 Å². The van der Waals surface area contributed by atoms with Crippen molar-refractivity contribution in [2.24, 2.45) is 0 Å². The van der Waals surface area contributed by atoms with E-state index in [2.05, 4.69) is 4.18 Å². The summed E-state index contributed by atoms with van der Waals surface area (Å²) in [5.74, 6) is -2.86. The van der Waals surface area contributed by atoms with E-state index in [-0.39, 0.29) is 5.56 Å². The van der Waals surface area contributed by atoms with Crippen molar-refractivity contribution in [3.8, 4) is 5.75 Å². The number of rotatable bonds is 2. The smallest absolute Gasteiger partial charge is 0.353 e. The van der Waals surface area contributed by atoms with E-state index in [0.29, 0.717) is 12.3 Å². The van der Waals surface area contributed by atoms with Crippen LogP contribution < -0.4 is 0 Å². The molecule has 0 amide bonds. The van der Waals surface area contributed by atoms with Gasteiger partial charge in [0.05, 0.1) is 11.8 Å². The molecule has 0 saturated heterocycles. The van der Waals surface area contributed by atoms with Gasteiger partial charge in [-0.2, -0.15) is 8.42 Å². The molecule has 0 aliphatic carbocycles. The molecule has 7 heteroatoms. The quantitative estimate of drug-likeness (QED) is 0.760. The van der Waals surface area contributed by atoms with E-state index in [4.69, 9.17) is 5.11 Å². The van der Waals surface area contributed by atoms with Gasteiger partial charge in [-0.1, -0.05) is 0 Å². The molecule has 15 heavy (non-hydrogen) atoms. The summed E-state index contributed by atoms with van der Waals surface area (Å²) in [5, 5.41) is 8.81. The molecule has 0 unspecified atom stereocenters. The van der Waals surface area contributed by atoms with Crippen molar-refractivity contribution in [2.45, 2.75) is 0 Å². The minimum atomic E-state index is -3.93. The number of phenols is 1. The molecule has 0 aliphatic heterocycles. The molecule has 1 N–H and O–H groups in total. The lowest BCUT2D eigenvalue weighted by Gasteiger charge is -2.01. The van der Waals surface area contributed by atoms with E-state index in [1.165, 1.54) is 0 Å². The number of aromatic hydroxyl groups is 1. The fourth-order valence-electron chi connectivity index (χ4n) is 0.819. The molecule has 0 bridgehead atoms.